The van der Waals surface area contributed by atoms with Crippen LogP contribution in [0, 0.1) is 19.3 Å². The number of aliphatic carboxylic acids is 1. The molecule has 0 heterocycles. The van der Waals surface area contributed by atoms with Crippen molar-refractivity contribution >= 4 is 17.7 Å². The van der Waals surface area contributed by atoms with Gasteiger partial charge in [0.15, 0.2) is 0 Å². The fourth-order valence-electron chi connectivity index (χ4n) is 1.44. The third-order valence-electron chi connectivity index (χ3n) is 2.52. The lowest BCUT2D eigenvalue weighted by Crippen LogP contribution is -2.01. The Hall–Kier alpha value is -1.66. The number of aryl methyl sites for hydroxylation is 1. The van der Waals surface area contributed by atoms with Gasteiger partial charge in [0, 0.05) is 10.6 Å². The summed E-state index contributed by atoms with van der Waals surface area (Å²) in [5.41, 5.74) is 2.81. The van der Waals surface area contributed by atoms with E-state index < -0.39 is 5.97 Å². The van der Waals surface area contributed by atoms with Gasteiger partial charge in [-0.25, -0.2) is 0 Å². The number of carbonyl (C=O) groups is 1. The van der Waals surface area contributed by atoms with Crippen molar-refractivity contribution in [3.63, 3.8) is 0 Å². The molecular formula is C15H16O2S. The molecule has 18 heavy (non-hydrogen) atoms. The van der Waals surface area contributed by atoms with E-state index in [0.29, 0.717) is 0 Å². The predicted octanol–water partition coefficient (Wildman–Crippen LogP) is 3.29. The normalized spacial score (nSPS) is 11.1. The van der Waals surface area contributed by atoms with Crippen LogP contribution in [0.4, 0.5) is 0 Å². The lowest BCUT2D eigenvalue weighted by molar-refractivity contribution is -0.136. The van der Waals surface area contributed by atoms with E-state index in [-0.39, 0.29) is 6.42 Å². The smallest absolute Gasteiger partial charge is 0.307 e. The minimum Gasteiger partial charge on any atom is -0.481 e. The van der Waals surface area contributed by atoms with Crippen molar-refractivity contribution in [1.29, 1.82) is 0 Å². The summed E-state index contributed by atoms with van der Waals surface area (Å²) in [7, 11) is 0. The van der Waals surface area contributed by atoms with E-state index in [0.717, 1.165) is 27.3 Å². The molecule has 1 aromatic rings. The number of allylic oxidation sites excluding steroid dienone is 1. The molecule has 0 amide bonds. The van der Waals surface area contributed by atoms with Crippen molar-refractivity contribution in [2.24, 2.45) is 0 Å². The number of carboxylic acid groups (broad SMARTS) is 1. The Morgan fingerprint density at radius 1 is 1.56 bits per heavy atom. The van der Waals surface area contributed by atoms with Gasteiger partial charge in [-0.2, -0.15) is 0 Å². The molecule has 1 aromatic carbocycles. The fraction of sp³-hybridized carbons (Fsp3) is 0.267. The Balaban J connectivity index is 2.68. The highest BCUT2D eigenvalue weighted by atomic mass is 32.2. The van der Waals surface area contributed by atoms with E-state index in [9.17, 15) is 4.79 Å². The zero-order valence-corrected chi connectivity index (χ0v) is 11.4. The molecule has 0 radical (unpaired) electrons. The topological polar surface area (TPSA) is 37.3 Å². The largest absolute Gasteiger partial charge is 0.481 e. The molecule has 0 spiro atoms. The minimum atomic E-state index is -0.800. The molecule has 1 rings (SSSR count). The van der Waals surface area contributed by atoms with Crippen LogP contribution in [0.2, 0.25) is 0 Å². The molecule has 2 nitrogen and oxygen atoms in total. The van der Waals surface area contributed by atoms with E-state index >= 15 is 0 Å². The Bertz CT molecular complexity index is 510. The summed E-state index contributed by atoms with van der Waals surface area (Å²) in [4.78, 5) is 11.8. The average molecular weight is 260 g/mol. The van der Waals surface area contributed by atoms with Gasteiger partial charge in [0.25, 0.3) is 0 Å². The van der Waals surface area contributed by atoms with Gasteiger partial charge in [0.05, 0.1) is 6.42 Å². The highest BCUT2D eigenvalue weighted by molar-refractivity contribution is 7.99. The molecule has 3 heteroatoms. The second-order valence-corrected chi connectivity index (χ2v) is 5.09. The summed E-state index contributed by atoms with van der Waals surface area (Å²) in [6, 6.07) is 5.85. The highest BCUT2D eigenvalue weighted by Gasteiger charge is 2.04. The Labute approximate surface area is 112 Å². The SMILES string of the molecule is C#CC(C)=CCSc1ccc(CC(=O)O)c(C)c1. The van der Waals surface area contributed by atoms with Crippen LogP contribution in [0.15, 0.2) is 34.7 Å². The van der Waals surface area contributed by atoms with Crippen LogP contribution in [0.25, 0.3) is 0 Å². The van der Waals surface area contributed by atoms with Crippen molar-refractivity contribution in [2.75, 3.05) is 5.75 Å². The third-order valence-corrected chi connectivity index (χ3v) is 3.44. The van der Waals surface area contributed by atoms with Gasteiger partial charge in [-0.3, -0.25) is 4.79 Å². The standard InChI is InChI=1S/C15H16O2S/c1-4-11(2)7-8-18-14-6-5-13(10-15(16)17)12(3)9-14/h1,5-7,9H,8,10H2,2-3H3,(H,16,17). The van der Waals surface area contributed by atoms with Crippen LogP contribution in [0.5, 0.6) is 0 Å². The number of carboxylic acids is 1. The van der Waals surface area contributed by atoms with E-state index in [1.54, 1.807) is 11.8 Å². The third kappa shape index (κ3) is 4.68. The fourth-order valence-corrected chi connectivity index (χ4v) is 2.39. The van der Waals surface area contributed by atoms with Crippen LogP contribution in [-0.2, 0) is 11.2 Å². The first-order valence-electron chi connectivity index (χ1n) is 5.60. The van der Waals surface area contributed by atoms with Crippen molar-refractivity contribution in [2.45, 2.75) is 25.2 Å². The van der Waals surface area contributed by atoms with Crippen molar-refractivity contribution in [1.82, 2.24) is 0 Å². The number of hydrogen-bond acceptors (Lipinski definition) is 2. The molecule has 0 aromatic heterocycles. The summed E-state index contributed by atoms with van der Waals surface area (Å²) in [6.07, 6.45) is 7.34. The molecule has 0 unspecified atom stereocenters. The van der Waals surface area contributed by atoms with Crippen LogP contribution in [-0.4, -0.2) is 16.8 Å². The number of hydrogen-bond donors (Lipinski definition) is 1. The highest BCUT2D eigenvalue weighted by Crippen LogP contribution is 2.22. The number of thioether (sulfide) groups is 1. The maximum Gasteiger partial charge on any atom is 0.307 e. The molecule has 0 fully saturated rings. The van der Waals surface area contributed by atoms with Gasteiger partial charge >= 0.3 is 5.97 Å². The molecule has 1 N–H and O–H groups in total. The second kappa shape index (κ2) is 6.93. The molecule has 0 bridgehead atoms. The Morgan fingerprint density at radius 2 is 2.28 bits per heavy atom. The monoisotopic (exact) mass is 260 g/mol. The number of terminal acetylenes is 1. The zero-order valence-electron chi connectivity index (χ0n) is 10.6. The first kappa shape index (κ1) is 14.4. The van der Waals surface area contributed by atoms with Gasteiger partial charge in [-0.15, -0.1) is 18.2 Å². The molecule has 0 aliphatic heterocycles. The summed E-state index contributed by atoms with van der Waals surface area (Å²) >= 11 is 1.69. The quantitative estimate of drug-likeness (QED) is 0.652. The van der Waals surface area contributed by atoms with Gasteiger partial charge < -0.3 is 5.11 Å². The zero-order chi connectivity index (χ0) is 13.5. The molecule has 0 atom stereocenters. The van der Waals surface area contributed by atoms with Crippen LogP contribution in [0.3, 0.4) is 0 Å². The average Bonchev–Trinajstić information content (AvgIpc) is 2.32. The predicted molar refractivity (Wildman–Crippen MR) is 75.8 cm³/mol. The Kier molecular flexibility index (Phi) is 5.54. The van der Waals surface area contributed by atoms with Crippen LogP contribution in [0.1, 0.15) is 18.1 Å². The summed E-state index contributed by atoms with van der Waals surface area (Å²) in [6.45, 7) is 3.84. The van der Waals surface area contributed by atoms with E-state index in [1.165, 1.54) is 0 Å². The number of benzene rings is 1. The molecule has 0 saturated heterocycles. The van der Waals surface area contributed by atoms with Crippen LogP contribution >= 0.6 is 11.8 Å². The van der Waals surface area contributed by atoms with E-state index in [1.807, 2.05) is 38.1 Å². The summed E-state index contributed by atoms with van der Waals surface area (Å²) in [5, 5.41) is 8.76. The molecule has 0 aliphatic carbocycles. The lowest BCUT2D eigenvalue weighted by Gasteiger charge is -2.05. The van der Waals surface area contributed by atoms with Gasteiger partial charge in [0.1, 0.15) is 0 Å². The maximum atomic E-state index is 10.7. The van der Waals surface area contributed by atoms with Crippen LogP contribution < -0.4 is 0 Å². The second-order valence-electron chi connectivity index (χ2n) is 4.00. The van der Waals surface area contributed by atoms with Crippen molar-refractivity contribution < 1.29 is 9.90 Å². The lowest BCUT2D eigenvalue weighted by atomic mass is 10.1. The van der Waals surface area contributed by atoms with E-state index in [4.69, 9.17) is 11.5 Å². The molecule has 0 aliphatic rings. The minimum absolute atomic E-state index is 0.0763. The maximum absolute atomic E-state index is 10.7. The molecular weight excluding hydrogens is 244 g/mol. The summed E-state index contributed by atoms with van der Waals surface area (Å²) < 4.78 is 0. The van der Waals surface area contributed by atoms with Gasteiger partial charge in [-0.1, -0.05) is 18.1 Å². The first-order valence-corrected chi connectivity index (χ1v) is 6.59. The molecule has 0 saturated carbocycles. The van der Waals surface area contributed by atoms with Gasteiger partial charge in [0.2, 0.25) is 0 Å². The van der Waals surface area contributed by atoms with E-state index in [2.05, 4.69) is 5.92 Å². The van der Waals surface area contributed by atoms with Gasteiger partial charge in [-0.05, 0) is 42.7 Å². The number of rotatable bonds is 5. The summed E-state index contributed by atoms with van der Waals surface area (Å²) in [5.74, 6) is 2.60. The van der Waals surface area contributed by atoms with Crippen molar-refractivity contribution in [3.8, 4) is 12.3 Å². The first-order chi connectivity index (χ1) is 8.52. The Morgan fingerprint density at radius 3 is 2.83 bits per heavy atom. The molecule has 94 valence electrons. The van der Waals surface area contributed by atoms with Crippen molar-refractivity contribution in [3.05, 3.63) is 41.0 Å².